The molecule has 0 radical (unpaired) electrons. The number of carbonyl (C=O) groups excluding carboxylic acids is 1. The van der Waals surface area contributed by atoms with Crippen LogP contribution in [-0.4, -0.2) is 30.0 Å². The number of nitrogens with zero attached hydrogens (tertiary/aromatic N) is 1. The summed E-state index contributed by atoms with van der Waals surface area (Å²) in [5.41, 5.74) is 1.04. The molecule has 1 aromatic rings. The lowest BCUT2D eigenvalue weighted by Gasteiger charge is -2.28. The van der Waals surface area contributed by atoms with Gasteiger partial charge in [0.2, 0.25) is 0 Å². The van der Waals surface area contributed by atoms with E-state index in [4.69, 9.17) is 0 Å². The Balaban J connectivity index is 2.20. The van der Waals surface area contributed by atoms with Crippen LogP contribution in [0.15, 0.2) is 18.2 Å². The molecule has 0 unspecified atom stereocenters. The van der Waals surface area contributed by atoms with Crippen molar-refractivity contribution in [3.05, 3.63) is 39.4 Å². The van der Waals surface area contributed by atoms with Gasteiger partial charge in [-0.2, -0.15) is 0 Å². The zero-order valence-electron chi connectivity index (χ0n) is 9.40. The number of nitrogens with one attached hydrogen (secondary N) is 2. The first-order chi connectivity index (χ1) is 8.08. The van der Waals surface area contributed by atoms with Gasteiger partial charge in [-0.1, -0.05) is 6.07 Å². The topological polar surface area (TPSA) is 84.3 Å². The molecule has 2 rings (SSSR count). The molecule has 1 aliphatic rings. The highest BCUT2D eigenvalue weighted by molar-refractivity contribution is 5.96. The van der Waals surface area contributed by atoms with Crippen molar-refractivity contribution in [2.45, 2.75) is 13.0 Å². The summed E-state index contributed by atoms with van der Waals surface area (Å²) in [5, 5.41) is 16.5. The van der Waals surface area contributed by atoms with E-state index < -0.39 is 4.92 Å². The third-order valence-electron chi connectivity index (χ3n) is 2.79. The van der Waals surface area contributed by atoms with Crippen molar-refractivity contribution < 1.29 is 9.72 Å². The van der Waals surface area contributed by atoms with E-state index in [1.165, 1.54) is 12.1 Å². The van der Waals surface area contributed by atoms with Crippen molar-refractivity contribution >= 4 is 11.6 Å². The Bertz CT molecular complexity index is 469. The molecule has 17 heavy (non-hydrogen) atoms. The predicted octanol–water partition coefficient (Wildman–Crippen LogP) is 0.605. The zero-order chi connectivity index (χ0) is 12.4. The van der Waals surface area contributed by atoms with E-state index in [9.17, 15) is 14.9 Å². The molecule has 1 fully saturated rings. The van der Waals surface area contributed by atoms with E-state index in [-0.39, 0.29) is 17.6 Å². The Morgan fingerprint density at radius 3 is 2.76 bits per heavy atom. The third kappa shape index (κ3) is 2.42. The molecule has 1 aliphatic heterocycles. The Morgan fingerprint density at radius 1 is 1.53 bits per heavy atom. The normalized spacial score (nSPS) is 15.1. The molecule has 6 nitrogen and oxygen atoms in total. The number of rotatable bonds is 3. The Labute approximate surface area is 98.2 Å². The minimum absolute atomic E-state index is 0.0625. The van der Waals surface area contributed by atoms with Crippen LogP contribution in [0.5, 0.6) is 0 Å². The molecular formula is C11H13N3O3. The van der Waals surface area contributed by atoms with Crippen LogP contribution in [0.4, 0.5) is 5.69 Å². The van der Waals surface area contributed by atoms with Gasteiger partial charge in [0.25, 0.3) is 11.6 Å². The van der Waals surface area contributed by atoms with Crippen LogP contribution in [0, 0.1) is 17.0 Å². The predicted molar refractivity (Wildman–Crippen MR) is 62.0 cm³/mol. The molecule has 6 heteroatoms. The van der Waals surface area contributed by atoms with Crippen LogP contribution < -0.4 is 10.6 Å². The number of amides is 1. The molecule has 0 saturated carbocycles. The van der Waals surface area contributed by atoms with Crippen LogP contribution >= 0.6 is 0 Å². The smallest absolute Gasteiger partial charge is 0.270 e. The molecule has 1 saturated heterocycles. The fourth-order valence-electron chi connectivity index (χ4n) is 1.62. The molecule has 90 valence electrons. The summed E-state index contributed by atoms with van der Waals surface area (Å²) in [4.78, 5) is 22.0. The van der Waals surface area contributed by atoms with Crippen molar-refractivity contribution in [1.82, 2.24) is 10.6 Å². The maximum Gasteiger partial charge on any atom is 0.270 e. The van der Waals surface area contributed by atoms with Crippen LogP contribution in [0.2, 0.25) is 0 Å². The average molecular weight is 235 g/mol. The SMILES string of the molecule is Cc1ccc([N+](=O)[O-])cc1C(=O)NC1CNC1. The van der Waals surface area contributed by atoms with Crippen LogP contribution in [0.3, 0.4) is 0 Å². The number of nitro groups is 1. The largest absolute Gasteiger partial charge is 0.347 e. The molecule has 0 aromatic heterocycles. The van der Waals surface area contributed by atoms with Gasteiger partial charge in [0, 0.05) is 30.8 Å². The highest BCUT2D eigenvalue weighted by Gasteiger charge is 2.21. The highest BCUT2D eigenvalue weighted by Crippen LogP contribution is 2.17. The summed E-state index contributed by atoms with van der Waals surface area (Å²) in [6.07, 6.45) is 0. The molecule has 1 amide bonds. The van der Waals surface area contributed by atoms with Crippen molar-refractivity contribution in [2.75, 3.05) is 13.1 Å². The summed E-state index contributed by atoms with van der Waals surface area (Å²) >= 11 is 0. The Kier molecular flexibility index (Phi) is 3.06. The van der Waals surface area contributed by atoms with E-state index >= 15 is 0 Å². The van der Waals surface area contributed by atoms with Crippen LogP contribution in [-0.2, 0) is 0 Å². The quantitative estimate of drug-likeness (QED) is 0.593. The van der Waals surface area contributed by atoms with E-state index in [1.807, 2.05) is 0 Å². The van der Waals surface area contributed by atoms with E-state index in [2.05, 4.69) is 10.6 Å². The van der Waals surface area contributed by atoms with Gasteiger partial charge < -0.3 is 10.6 Å². The first-order valence-corrected chi connectivity index (χ1v) is 5.34. The van der Waals surface area contributed by atoms with Crippen LogP contribution in [0.1, 0.15) is 15.9 Å². The lowest BCUT2D eigenvalue weighted by molar-refractivity contribution is -0.384. The Morgan fingerprint density at radius 2 is 2.24 bits per heavy atom. The summed E-state index contributed by atoms with van der Waals surface area (Å²) < 4.78 is 0. The molecule has 0 spiro atoms. The second-order valence-corrected chi connectivity index (χ2v) is 4.08. The molecule has 1 heterocycles. The number of carbonyl (C=O) groups is 1. The maximum absolute atomic E-state index is 11.9. The second-order valence-electron chi connectivity index (χ2n) is 4.08. The monoisotopic (exact) mass is 235 g/mol. The molecular weight excluding hydrogens is 222 g/mol. The van der Waals surface area contributed by atoms with Crippen molar-refractivity contribution in [3.8, 4) is 0 Å². The van der Waals surface area contributed by atoms with Gasteiger partial charge in [-0.3, -0.25) is 14.9 Å². The fourth-order valence-corrected chi connectivity index (χ4v) is 1.62. The van der Waals surface area contributed by atoms with Crippen molar-refractivity contribution in [1.29, 1.82) is 0 Å². The average Bonchev–Trinajstić information content (AvgIpc) is 2.23. The molecule has 0 aliphatic carbocycles. The first kappa shape index (κ1) is 11.5. The van der Waals surface area contributed by atoms with Gasteiger partial charge in [0.15, 0.2) is 0 Å². The van der Waals surface area contributed by atoms with Gasteiger partial charge in [-0.05, 0) is 12.5 Å². The van der Waals surface area contributed by atoms with E-state index in [0.717, 1.165) is 18.7 Å². The lowest BCUT2D eigenvalue weighted by atomic mass is 10.1. The van der Waals surface area contributed by atoms with Crippen molar-refractivity contribution in [2.24, 2.45) is 0 Å². The molecule has 2 N–H and O–H groups in total. The zero-order valence-corrected chi connectivity index (χ0v) is 9.40. The van der Waals surface area contributed by atoms with Crippen molar-refractivity contribution in [3.63, 3.8) is 0 Å². The molecule has 0 bridgehead atoms. The first-order valence-electron chi connectivity index (χ1n) is 5.34. The highest BCUT2D eigenvalue weighted by atomic mass is 16.6. The van der Waals surface area contributed by atoms with Crippen LogP contribution in [0.25, 0.3) is 0 Å². The Hall–Kier alpha value is -1.95. The molecule has 0 atom stereocenters. The number of non-ortho nitro benzene ring substituents is 1. The minimum Gasteiger partial charge on any atom is -0.347 e. The fraction of sp³-hybridized carbons (Fsp3) is 0.364. The van der Waals surface area contributed by atoms with E-state index in [0.29, 0.717) is 5.56 Å². The summed E-state index contributed by atoms with van der Waals surface area (Å²) in [6, 6.07) is 4.43. The van der Waals surface area contributed by atoms with Gasteiger partial charge in [0.05, 0.1) is 11.0 Å². The number of nitro benzene ring substituents is 1. The summed E-state index contributed by atoms with van der Waals surface area (Å²) in [5.74, 6) is -0.252. The summed E-state index contributed by atoms with van der Waals surface area (Å²) in [7, 11) is 0. The number of benzene rings is 1. The summed E-state index contributed by atoms with van der Waals surface area (Å²) in [6.45, 7) is 3.26. The van der Waals surface area contributed by atoms with Gasteiger partial charge in [-0.15, -0.1) is 0 Å². The number of hydrogen-bond donors (Lipinski definition) is 2. The van der Waals surface area contributed by atoms with Gasteiger partial charge in [0.1, 0.15) is 0 Å². The maximum atomic E-state index is 11.9. The standard InChI is InChI=1S/C11H13N3O3/c1-7-2-3-9(14(16)17)4-10(7)11(15)13-8-5-12-6-8/h2-4,8,12H,5-6H2,1H3,(H,13,15). The molecule has 1 aromatic carbocycles. The van der Waals surface area contributed by atoms with E-state index in [1.54, 1.807) is 13.0 Å². The third-order valence-corrected chi connectivity index (χ3v) is 2.79. The number of hydrogen-bond acceptors (Lipinski definition) is 4. The lowest BCUT2D eigenvalue weighted by Crippen LogP contribution is -2.57. The van der Waals surface area contributed by atoms with Gasteiger partial charge >= 0.3 is 0 Å². The van der Waals surface area contributed by atoms with Gasteiger partial charge in [-0.25, -0.2) is 0 Å². The minimum atomic E-state index is -0.499. The number of aryl methyl sites for hydroxylation is 1. The second kappa shape index (κ2) is 4.50.